The third-order valence-corrected chi connectivity index (χ3v) is 3.98. The van der Waals surface area contributed by atoms with Gasteiger partial charge < -0.3 is 5.73 Å². The normalized spacial score (nSPS) is 18.2. The van der Waals surface area contributed by atoms with Crippen molar-refractivity contribution in [2.45, 2.75) is 44.9 Å². The van der Waals surface area contributed by atoms with Crippen molar-refractivity contribution in [2.75, 3.05) is 0 Å². The molecule has 92 valence electrons. The summed E-state index contributed by atoms with van der Waals surface area (Å²) in [4.78, 5) is 11.3. The molecule has 1 aromatic rings. The van der Waals surface area contributed by atoms with E-state index in [-0.39, 0.29) is 5.91 Å². The number of hydrogen-bond acceptors (Lipinski definition) is 1. The van der Waals surface area contributed by atoms with E-state index >= 15 is 0 Å². The summed E-state index contributed by atoms with van der Waals surface area (Å²) in [6, 6.07) is 8.39. The predicted octanol–water partition coefficient (Wildman–Crippen LogP) is 3.14. The Kier molecular flexibility index (Phi) is 3.82. The van der Waals surface area contributed by atoms with E-state index in [0.717, 1.165) is 0 Å². The van der Waals surface area contributed by atoms with Gasteiger partial charge in [-0.15, -0.1) is 0 Å². The molecule has 0 bridgehead atoms. The van der Waals surface area contributed by atoms with Crippen LogP contribution < -0.4 is 5.73 Å². The zero-order valence-electron chi connectivity index (χ0n) is 10.5. The summed E-state index contributed by atoms with van der Waals surface area (Å²) >= 11 is 0. The third-order valence-electron chi connectivity index (χ3n) is 3.98. The molecule has 1 unspecified atom stereocenters. The second kappa shape index (κ2) is 5.35. The molecular weight excluding hydrogens is 210 g/mol. The molecule has 17 heavy (non-hydrogen) atoms. The monoisotopic (exact) mass is 231 g/mol. The van der Waals surface area contributed by atoms with Gasteiger partial charge in [0.05, 0.1) is 0 Å². The summed E-state index contributed by atoms with van der Waals surface area (Å²) in [7, 11) is 0. The fourth-order valence-corrected chi connectivity index (χ4v) is 3.11. The molecule has 1 aliphatic carbocycles. The van der Waals surface area contributed by atoms with Crippen molar-refractivity contribution < 1.29 is 4.79 Å². The largest absolute Gasteiger partial charge is 0.370 e. The molecule has 2 rings (SSSR count). The number of amides is 1. The van der Waals surface area contributed by atoms with Crippen molar-refractivity contribution in [3.05, 3.63) is 35.4 Å². The fraction of sp³-hybridized carbons (Fsp3) is 0.533. The number of carbonyl (C=O) groups is 1. The van der Waals surface area contributed by atoms with Gasteiger partial charge in [-0.1, -0.05) is 37.1 Å². The van der Waals surface area contributed by atoms with Crippen LogP contribution in [0.2, 0.25) is 0 Å². The SMILES string of the molecule is Cc1ccccc1C(CC(N)=O)C1CCCC1. The first-order valence-corrected chi connectivity index (χ1v) is 6.52. The van der Waals surface area contributed by atoms with Crippen LogP contribution >= 0.6 is 0 Å². The molecule has 2 heteroatoms. The first kappa shape index (κ1) is 12.2. The average molecular weight is 231 g/mol. The van der Waals surface area contributed by atoms with Gasteiger partial charge in [0, 0.05) is 6.42 Å². The maximum Gasteiger partial charge on any atom is 0.218 e. The van der Waals surface area contributed by atoms with Crippen molar-refractivity contribution >= 4 is 5.91 Å². The van der Waals surface area contributed by atoms with Crippen LogP contribution in [0.25, 0.3) is 0 Å². The molecule has 2 N–H and O–H groups in total. The summed E-state index contributed by atoms with van der Waals surface area (Å²) in [5.74, 6) is 0.796. The summed E-state index contributed by atoms with van der Waals surface area (Å²) < 4.78 is 0. The number of primary amides is 1. The lowest BCUT2D eigenvalue weighted by atomic mass is 9.80. The van der Waals surface area contributed by atoms with Crippen LogP contribution in [0.3, 0.4) is 0 Å². The van der Waals surface area contributed by atoms with Crippen molar-refractivity contribution in [2.24, 2.45) is 11.7 Å². The number of rotatable bonds is 4. The molecule has 1 atom stereocenters. The lowest BCUT2D eigenvalue weighted by Crippen LogP contribution is -2.20. The highest BCUT2D eigenvalue weighted by Gasteiger charge is 2.28. The van der Waals surface area contributed by atoms with Crippen LogP contribution in [0.1, 0.15) is 49.1 Å². The molecule has 1 saturated carbocycles. The van der Waals surface area contributed by atoms with Crippen molar-refractivity contribution in [1.82, 2.24) is 0 Å². The second-order valence-electron chi connectivity index (χ2n) is 5.18. The van der Waals surface area contributed by atoms with Gasteiger partial charge in [0.15, 0.2) is 0 Å². The fourth-order valence-electron chi connectivity index (χ4n) is 3.11. The lowest BCUT2D eigenvalue weighted by molar-refractivity contribution is -0.118. The molecular formula is C15H21NO. The first-order valence-electron chi connectivity index (χ1n) is 6.52. The quantitative estimate of drug-likeness (QED) is 0.850. The molecule has 2 nitrogen and oxygen atoms in total. The summed E-state index contributed by atoms with van der Waals surface area (Å²) in [6.07, 6.45) is 5.58. The number of hydrogen-bond donors (Lipinski definition) is 1. The Hall–Kier alpha value is -1.31. The van der Waals surface area contributed by atoms with Gasteiger partial charge in [-0.25, -0.2) is 0 Å². The van der Waals surface area contributed by atoms with Crippen molar-refractivity contribution in [3.63, 3.8) is 0 Å². The van der Waals surface area contributed by atoms with E-state index in [4.69, 9.17) is 5.73 Å². The summed E-state index contributed by atoms with van der Waals surface area (Å²) in [5, 5.41) is 0. The molecule has 0 aliphatic heterocycles. The van der Waals surface area contributed by atoms with Crippen LogP contribution in [-0.2, 0) is 4.79 Å². The van der Waals surface area contributed by atoms with E-state index in [2.05, 4.69) is 31.2 Å². The maximum atomic E-state index is 11.3. The number of benzene rings is 1. The van der Waals surface area contributed by atoms with Crippen LogP contribution in [0.5, 0.6) is 0 Å². The minimum absolute atomic E-state index is 0.176. The number of aryl methyl sites for hydroxylation is 1. The molecule has 1 amide bonds. The average Bonchev–Trinajstić information content (AvgIpc) is 2.80. The molecule has 0 aromatic heterocycles. The van der Waals surface area contributed by atoms with Gasteiger partial charge in [0.2, 0.25) is 5.91 Å². The Labute approximate surface area is 103 Å². The van der Waals surface area contributed by atoms with E-state index in [1.54, 1.807) is 0 Å². The zero-order chi connectivity index (χ0) is 12.3. The highest BCUT2D eigenvalue weighted by molar-refractivity contribution is 5.75. The lowest BCUT2D eigenvalue weighted by Gasteiger charge is -2.24. The minimum Gasteiger partial charge on any atom is -0.370 e. The van der Waals surface area contributed by atoms with Crippen LogP contribution in [0.4, 0.5) is 0 Å². The third kappa shape index (κ3) is 2.87. The van der Waals surface area contributed by atoms with Crippen molar-refractivity contribution in [1.29, 1.82) is 0 Å². The Morgan fingerprint density at radius 2 is 2.00 bits per heavy atom. The highest BCUT2D eigenvalue weighted by atomic mass is 16.1. The van der Waals surface area contributed by atoms with Crippen LogP contribution in [0, 0.1) is 12.8 Å². The molecule has 0 spiro atoms. The van der Waals surface area contributed by atoms with Gasteiger partial charge in [0.1, 0.15) is 0 Å². The van der Waals surface area contributed by atoms with Crippen LogP contribution in [-0.4, -0.2) is 5.91 Å². The minimum atomic E-state index is -0.176. The second-order valence-corrected chi connectivity index (χ2v) is 5.18. The highest BCUT2D eigenvalue weighted by Crippen LogP contribution is 2.40. The first-order chi connectivity index (χ1) is 8.18. The number of carbonyl (C=O) groups excluding carboxylic acids is 1. The van der Waals surface area contributed by atoms with Gasteiger partial charge in [-0.3, -0.25) is 4.79 Å². The Bertz CT molecular complexity index is 394. The van der Waals surface area contributed by atoms with Gasteiger partial charge in [0.25, 0.3) is 0 Å². The van der Waals surface area contributed by atoms with E-state index in [1.165, 1.54) is 36.8 Å². The Morgan fingerprint density at radius 1 is 1.35 bits per heavy atom. The smallest absolute Gasteiger partial charge is 0.218 e. The maximum absolute atomic E-state index is 11.3. The Balaban J connectivity index is 2.25. The molecule has 0 heterocycles. The van der Waals surface area contributed by atoms with Crippen molar-refractivity contribution in [3.8, 4) is 0 Å². The zero-order valence-corrected chi connectivity index (χ0v) is 10.5. The standard InChI is InChI=1S/C15H21NO/c1-11-6-2-5-9-13(11)14(10-15(16)17)12-7-3-4-8-12/h2,5-6,9,12,14H,3-4,7-8,10H2,1H3,(H2,16,17). The van der Waals surface area contributed by atoms with E-state index < -0.39 is 0 Å². The molecule has 1 fully saturated rings. The van der Waals surface area contributed by atoms with E-state index in [9.17, 15) is 4.79 Å². The number of nitrogens with two attached hydrogens (primary N) is 1. The van der Waals surface area contributed by atoms with E-state index in [1.807, 2.05) is 0 Å². The molecule has 0 radical (unpaired) electrons. The van der Waals surface area contributed by atoms with Gasteiger partial charge >= 0.3 is 0 Å². The molecule has 0 saturated heterocycles. The molecule has 1 aliphatic rings. The molecule has 1 aromatic carbocycles. The van der Waals surface area contributed by atoms with E-state index in [0.29, 0.717) is 18.3 Å². The summed E-state index contributed by atoms with van der Waals surface area (Å²) in [5.41, 5.74) is 8.01. The predicted molar refractivity (Wildman–Crippen MR) is 69.7 cm³/mol. The van der Waals surface area contributed by atoms with Crippen LogP contribution in [0.15, 0.2) is 24.3 Å². The summed E-state index contributed by atoms with van der Waals surface area (Å²) in [6.45, 7) is 2.12. The Morgan fingerprint density at radius 3 is 2.59 bits per heavy atom. The topological polar surface area (TPSA) is 43.1 Å². The van der Waals surface area contributed by atoms with Gasteiger partial charge in [-0.2, -0.15) is 0 Å². The van der Waals surface area contributed by atoms with Gasteiger partial charge in [-0.05, 0) is 42.7 Å².